The fraction of sp³-hybridized carbons (Fsp3) is 0.750. The fourth-order valence-electron chi connectivity index (χ4n) is 3.38. The summed E-state index contributed by atoms with van der Waals surface area (Å²) in [4.78, 5) is 0. The van der Waals surface area contributed by atoms with Gasteiger partial charge in [-0.25, -0.2) is 0 Å². The normalized spacial score (nSPS) is 38.1. The van der Waals surface area contributed by atoms with Crippen molar-refractivity contribution in [2.45, 2.75) is 38.2 Å². The van der Waals surface area contributed by atoms with E-state index in [9.17, 15) is 5.11 Å². The number of aliphatic hydroxyl groups is 1. The minimum Gasteiger partial charge on any atom is -0.383 e. The summed E-state index contributed by atoms with van der Waals surface area (Å²) >= 11 is 0. The van der Waals surface area contributed by atoms with E-state index in [-0.39, 0.29) is 0 Å². The van der Waals surface area contributed by atoms with E-state index in [2.05, 4.69) is 18.1 Å². The molecule has 0 amide bonds. The molecule has 2 aliphatic rings. The smallest absolute Gasteiger partial charge is 0.112 e. The van der Waals surface area contributed by atoms with Crippen molar-refractivity contribution in [1.29, 1.82) is 0 Å². The van der Waals surface area contributed by atoms with Crippen molar-refractivity contribution >= 4 is 0 Å². The van der Waals surface area contributed by atoms with Crippen molar-refractivity contribution < 1.29 is 5.11 Å². The number of hydrogen-bond donors (Lipinski definition) is 1. The van der Waals surface area contributed by atoms with Crippen LogP contribution in [0.3, 0.4) is 0 Å². The number of hydrogen-bond acceptors (Lipinski definition) is 2. The molecule has 2 atom stereocenters. The Hall–Kier alpha value is -0.830. The molecular weight excluding hydrogens is 188 g/mol. The van der Waals surface area contributed by atoms with Crippen LogP contribution in [0.1, 0.15) is 37.6 Å². The Balaban J connectivity index is 1.96. The third kappa shape index (κ3) is 1.07. The lowest BCUT2D eigenvalue weighted by Gasteiger charge is -2.14. The van der Waals surface area contributed by atoms with Crippen LogP contribution in [0.15, 0.2) is 6.07 Å². The summed E-state index contributed by atoms with van der Waals surface area (Å²) in [5, 5.41) is 15.0. The minimum absolute atomic E-state index is 0.512. The lowest BCUT2D eigenvalue weighted by atomic mass is 10.0. The van der Waals surface area contributed by atoms with Crippen molar-refractivity contribution in [1.82, 2.24) is 9.78 Å². The Morgan fingerprint density at radius 1 is 1.53 bits per heavy atom. The molecule has 0 saturated heterocycles. The topological polar surface area (TPSA) is 38.0 Å². The Labute approximate surface area is 90.1 Å². The van der Waals surface area contributed by atoms with E-state index in [1.807, 2.05) is 11.7 Å². The van der Waals surface area contributed by atoms with E-state index >= 15 is 0 Å². The van der Waals surface area contributed by atoms with E-state index in [1.165, 1.54) is 19.3 Å². The van der Waals surface area contributed by atoms with Crippen molar-refractivity contribution in [3.05, 3.63) is 17.5 Å². The number of rotatable bonds is 2. The molecule has 0 spiro atoms. The minimum atomic E-state index is -0.534. The summed E-state index contributed by atoms with van der Waals surface area (Å²) in [6, 6.07) is 2.08. The lowest BCUT2D eigenvalue weighted by molar-refractivity contribution is 0.0963. The van der Waals surface area contributed by atoms with Gasteiger partial charge in [0.15, 0.2) is 0 Å². The van der Waals surface area contributed by atoms with Gasteiger partial charge in [0, 0.05) is 7.05 Å². The highest BCUT2D eigenvalue weighted by molar-refractivity contribution is 5.30. The zero-order valence-corrected chi connectivity index (χ0v) is 9.40. The molecule has 1 aromatic rings. The number of nitrogens with zero attached hydrogens (tertiary/aromatic N) is 2. The largest absolute Gasteiger partial charge is 0.383 e. The zero-order chi connectivity index (χ0) is 10.6. The monoisotopic (exact) mass is 206 g/mol. The van der Waals surface area contributed by atoms with E-state index < -0.39 is 5.60 Å². The van der Waals surface area contributed by atoms with Crippen LogP contribution >= 0.6 is 0 Å². The summed E-state index contributed by atoms with van der Waals surface area (Å²) in [6.45, 7) is 2.10. The van der Waals surface area contributed by atoms with Crippen LogP contribution in [0, 0.1) is 11.8 Å². The molecule has 1 aromatic heterocycles. The van der Waals surface area contributed by atoms with Crippen LogP contribution in [0.4, 0.5) is 0 Å². The predicted octanol–water partition coefficient (Wildman–Crippen LogP) is 1.60. The molecule has 0 radical (unpaired) electrons. The van der Waals surface area contributed by atoms with Gasteiger partial charge in [-0.3, -0.25) is 4.68 Å². The SMILES string of the molecule is CCc1cc(C2(O)C3CCCC32)n(C)n1. The Morgan fingerprint density at radius 3 is 2.73 bits per heavy atom. The average Bonchev–Trinajstić information content (AvgIpc) is 2.70. The highest BCUT2D eigenvalue weighted by Crippen LogP contribution is 2.66. The Kier molecular flexibility index (Phi) is 1.78. The fourth-order valence-corrected chi connectivity index (χ4v) is 3.38. The van der Waals surface area contributed by atoms with E-state index in [4.69, 9.17) is 0 Å². The van der Waals surface area contributed by atoms with Gasteiger partial charge >= 0.3 is 0 Å². The van der Waals surface area contributed by atoms with Crippen molar-refractivity contribution in [3.63, 3.8) is 0 Å². The maximum absolute atomic E-state index is 10.6. The van der Waals surface area contributed by atoms with Gasteiger partial charge in [-0.05, 0) is 37.2 Å². The first-order chi connectivity index (χ1) is 7.17. The summed E-state index contributed by atoms with van der Waals surface area (Å²) in [5.41, 5.74) is 1.59. The lowest BCUT2D eigenvalue weighted by Crippen LogP contribution is -2.17. The Morgan fingerprint density at radius 2 is 2.20 bits per heavy atom. The first kappa shape index (κ1) is 9.40. The highest BCUT2D eigenvalue weighted by Gasteiger charge is 2.67. The summed E-state index contributed by atoms with van der Waals surface area (Å²) in [6.07, 6.45) is 4.61. The third-order valence-electron chi connectivity index (χ3n) is 4.24. The van der Waals surface area contributed by atoms with Crippen LogP contribution in [0.2, 0.25) is 0 Å². The van der Waals surface area contributed by atoms with Gasteiger partial charge in [0.1, 0.15) is 5.60 Å². The average molecular weight is 206 g/mol. The molecule has 15 heavy (non-hydrogen) atoms. The maximum Gasteiger partial charge on any atom is 0.112 e. The van der Waals surface area contributed by atoms with Crippen LogP contribution in [0.5, 0.6) is 0 Å². The first-order valence-corrected chi connectivity index (χ1v) is 5.93. The summed E-state index contributed by atoms with van der Waals surface area (Å²) in [7, 11) is 1.94. The highest BCUT2D eigenvalue weighted by atomic mass is 16.3. The molecule has 1 N–H and O–H groups in total. The summed E-state index contributed by atoms with van der Waals surface area (Å²) < 4.78 is 1.87. The summed E-state index contributed by atoms with van der Waals surface area (Å²) in [5.74, 6) is 1.02. The first-order valence-electron chi connectivity index (χ1n) is 5.93. The molecule has 3 heteroatoms. The third-order valence-corrected chi connectivity index (χ3v) is 4.24. The molecule has 3 nitrogen and oxygen atoms in total. The van der Waals surface area contributed by atoms with Crippen LogP contribution in [-0.2, 0) is 19.1 Å². The predicted molar refractivity (Wildman–Crippen MR) is 57.3 cm³/mol. The van der Waals surface area contributed by atoms with Crippen LogP contribution in [0.25, 0.3) is 0 Å². The molecule has 82 valence electrons. The van der Waals surface area contributed by atoms with Gasteiger partial charge in [-0.1, -0.05) is 13.3 Å². The molecular formula is C12H18N2O. The van der Waals surface area contributed by atoms with Gasteiger partial charge < -0.3 is 5.11 Å². The Bertz CT molecular complexity index is 386. The van der Waals surface area contributed by atoms with E-state index in [1.54, 1.807) is 0 Å². The van der Waals surface area contributed by atoms with E-state index in [0.29, 0.717) is 11.8 Å². The second-order valence-corrected chi connectivity index (χ2v) is 4.97. The second kappa shape index (κ2) is 2.85. The molecule has 1 heterocycles. The quantitative estimate of drug-likeness (QED) is 0.798. The standard InChI is InChI=1S/C12H18N2O/c1-3-8-7-11(14(2)13-8)12(15)9-5-4-6-10(9)12/h7,9-10,15H,3-6H2,1-2H3. The van der Waals surface area contributed by atoms with Gasteiger partial charge in [0.2, 0.25) is 0 Å². The van der Waals surface area contributed by atoms with Crippen molar-refractivity contribution in [2.24, 2.45) is 18.9 Å². The van der Waals surface area contributed by atoms with Gasteiger partial charge in [-0.15, -0.1) is 0 Å². The molecule has 0 bridgehead atoms. The number of fused-ring (bicyclic) bond motifs is 1. The van der Waals surface area contributed by atoms with Gasteiger partial charge in [0.25, 0.3) is 0 Å². The number of aryl methyl sites for hydroxylation is 2. The zero-order valence-electron chi connectivity index (χ0n) is 9.40. The van der Waals surface area contributed by atoms with Gasteiger partial charge in [-0.2, -0.15) is 5.10 Å². The maximum atomic E-state index is 10.6. The second-order valence-electron chi connectivity index (χ2n) is 4.97. The molecule has 0 aromatic carbocycles. The molecule has 2 saturated carbocycles. The molecule has 2 aliphatic carbocycles. The van der Waals surface area contributed by atoms with Crippen LogP contribution in [-0.4, -0.2) is 14.9 Å². The molecule has 0 aliphatic heterocycles. The van der Waals surface area contributed by atoms with Gasteiger partial charge in [0.05, 0.1) is 11.4 Å². The molecule has 2 fully saturated rings. The van der Waals surface area contributed by atoms with E-state index in [0.717, 1.165) is 17.8 Å². The van der Waals surface area contributed by atoms with Crippen molar-refractivity contribution in [3.8, 4) is 0 Å². The molecule has 2 unspecified atom stereocenters. The molecule has 3 rings (SSSR count). The van der Waals surface area contributed by atoms with Crippen molar-refractivity contribution in [2.75, 3.05) is 0 Å². The van der Waals surface area contributed by atoms with Crippen LogP contribution < -0.4 is 0 Å². The number of aromatic nitrogens is 2.